The molecule has 0 amide bonds. The number of aromatic nitrogens is 2. The number of alkyl halides is 1. The van der Waals surface area contributed by atoms with E-state index in [0.717, 1.165) is 0 Å². The number of rotatable bonds is 2. The fraction of sp³-hybridized carbons (Fsp3) is 0.500. The Kier molecular flexibility index (Phi) is 4.43. The van der Waals surface area contributed by atoms with E-state index in [9.17, 15) is 18.7 Å². The van der Waals surface area contributed by atoms with Gasteiger partial charge >= 0.3 is 5.69 Å². The molecule has 10 heteroatoms. The first kappa shape index (κ1) is 16.3. The summed E-state index contributed by atoms with van der Waals surface area (Å²) >= 11 is 0. The second-order valence-electron chi connectivity index (χ2n) is 4.69. The van der Waals surface area contributed by atoms with Crippen molar-refractivity contribution in [2.24, 2.45) is 5.73 Å². The van der Waals surface area contributed by atoms with Gasteiger partial charge in [-0.25, -0.2) is 13.6 Å². The quantitative estimate of drug-likeness (QED) is 0.458. The van der Waals surface area contributed by atoms with Gasteiger partial charge < -0.3 is 26.4 Å². The van der Waals surface area contributed by atoms with Gasteiger partial charge in [0.1, 0.15) is 18.9 Å². The molecule has 0 radical (unpaired) electrons. The molecule has 1 aromatic heterocycles. The van der Waals surface area contributed by atoms with E-state index < -0.39 is 54.6 Å². The molecule has 1 aliphatic heterocycles. The van der Waals surface area contributed by atoms with Crippen LogP contribution < -0.4 is 17.2 Å². The number of nitrogen functional groups attached to an aromatic ring is 1. The van der Waals surface area contributed by atoms with E-state index in [2.05, 4.69) is 10.9 Å². The van der Waals surface area contributed by atoms with Crippen molar-refractivity contribution in [3.63, 3.8) is 0 Å². The Bertz CT molecular complexity index is 686. The predicted octanol–water partition coefficient (Wildman–Crippen LogP) is -2.11. The molecule has 0 saturated carbocycles. The van der Waals surface area contributed by atoms with Gasteiger partial charge in [-0.05, 0) is 0 Å². The standard InChI is InChI=1S/C12H14F2N4O4/c13-3-1-2-12(16)8(20)7(5-19)22-10(12)18-4-6(14)9(15)17-11(18)21/h4,7-8,10,19-20H,3,5,16H2,(H2,15,17,21)/t7?,8-,10?,12?/m0/s1. The van der Waals surface area contributed by atoms with Gasteiger partial charge in [-0.15, -0.1) is 0 Å². The number of nitrogens with zero attached hydrogens (tertiary/aromatic N) is 2. The average Bonchev–Trinajstić information content (AvgIpc) is 2.73. The highest BCUT2D eigenvalue weighted by Gasteiger charge is 2.54. The van der Waals surface area contributed by atoms with Crippen molar-refractivity contribution in [3.05, 3.63) is 22.5 Å². The second-order valence-corrected chi connectivity index (χ2v) is 4.69. The zero-order chi connectivity index (χ0) is 16.5. The maximum atomic E-state index is 13.5. The van der Waals surface area contributed by atoms with Gasteiger partial charge in [-0.2, -0.15) is 4.98 Å². The maximum Gasteiger partial charge on any atom is 0.351 e. The van der Waals surface area contributed by atoms with Crippen molar-refractivity contribution in [1.82, 2.24) is 9.55 Å². The molecule has 4 atom stereocenters. The van der Waals surface area contributed by atoms with Crippen LogP contribution in [0.25, 0.3) is 0 Å². The molecule has 0 aliphatic carbocycles. The highest BCUT2D eigenvalue weighted by atomic mass is 19.1. The molecule has 6 N–H and O–H groups in total. The van der Waals surface area contributed by atoms with Gasteiger partial charge in [-0.3, -0.25) is 4.57 Å². The summed E-state index contributed by atoms with van der Waals surface area (Å²) in [6.07, 6.45) is -3.50. The molecule has 120 valence electrons. The van der Waals surface area contributed by atoms with Crippen molar-refractivity contribution in [2.45, 2.75) is 24.0 Å². The number of aliphatic hydroxyl groups excluding tert-OH is 2. The third-order valence-corrected chi connectivity index (χ3v) is 3.29. The van der Waals surface area contributed by atoms with Crippen molar-refractivity contribution in [1.29, 1.82) is 0 Å². The second kappa shape index (κ2) is 5.98. The maximum absolute atomic E-state index is 13.5. The number of ether oxygens (including phenoxy) is 1. The first-order valence-electron chi connectivity index (χ1n) is 6.18. The van der Waals surface area contributed by atoms with Crippen molar-refractivity contribution < 1.29 is 23.7 Å². The van der Waals surface area contributed by atoms with Crippen LogP contribution in [-0.2, 0) is 4.74 Å². The van der Waals surface area contributed by atoms with Crippen LogP contribution in [-0.4, -0.2) is 50.8 Å². The Morgan fingerprint density at radius 1 is 1.59 bits per heavy atom. The van der Waals surface area contributed by atoms with Gasteiger partial charge in [0.05, 0.1) is 12.8 Å². The molecule has 0 spiro atoms. The van der Waals surface area contributed by atoms with Crippen LogP contribution in [0, 0.1) is 17.7 Å². The average molecular weight is 316 g/mol. The van der Waals surface area contributed by atoms with Crippen LogP contribution in [0.5, 0.6) is 0 Å². The Morgan fingerprint density at radius 2 is 2.27 bits per heavy atom. The van der Waals surface area contributed by atoms with Crippen molar-refractivity contribution in [2.75, 3.05) is 19.0 Å². The first-order chi connectivity index (χ1) is 10.3. The number of anilines is 1. The first-order valence-corrected chi connectivity index (χ1v) is 6.18. The summed E-state index contributed by atoms with van der Waals surface area (Å²) < 4.78 is 31.7. The fourth-order valence-corrected chi connectivity index (χ4v) is 2.19. The zero-order valence-electron chi connectivity index (χ0n) is 11.2. The molecule has 3 unspecified atom stereocenters. The van der Waals surface area contributed by atoms with E-state index in [4.69, 9.17) is 21.3 Å². The molecule has 22 heavy (non-hydrogen) atoms. The van der Waals surface area contributed by atoms with Crippen molar-refractivity contribution in [3.8, 4) is 11.8 Å². The molecule has 1 saturated heterocycles. The Balaban J connectivity index is 2.56. The lowest BCUT2D eigenvalue weighted by atomic mass is 9.91. The molecule has 2 heterocycles. The van der Waals surface area contributed by atoms with Gasteiger partial charge in [0, 0.05) is 0 Å². The summed E-state index contributed by atoms with van der Waals surface area (Å²) in [6.45, 7) is -1.68. The van der Waals surface area contributed by atoms with Crippen LogP contribution >= 0.6 is 0 Å². The summed E-state index contributed by atoms with van der Waals surface area (Å²) in [6, 6.07) is 0. The van der Waals surface area contributed by atoms with E-state index in [-0.39, 0.29) is 0 Å². The van der Waals surface area contributed by atoms with Crippen LogP contribution in [0.3, 0.4) is 0 Å². The summed E-state index contributed by atoms with van der Waals surface area (Å²) in [7, 11) is 0. The molecule has 2 rings (SSSR count). The third kappa shape index (κ3) is 2.55. The van der Waals surface area contributed by atoms with Gasteiger partial charge in [0.25, 0.3) is 0 Å². The summed E-state index contributed by atoms with van der Waals surface area (Å²) in [5.41, 5.74) is 8.17. The minimum Gasteiger partial charge on any atom is -0.394 e. The summed E-state index contributed by atoms with van der Waals surface area (Å²) in [5.74, 6) is 2.67. The van der Waals surface area contributed by atoms with Gasteiger partial charge in [0.15, 0.2) is 23.4 Å². The Labute approximate surface area is 123 Å². The van der Waals surface area contributed by atoms with E-state index in [1.165, 1.54) is 0 Å². The third-order valence-electron chi connectivity index (χ3n) is 3.29. The van der Waals surface area contributed by atoms with Gasteiger partial charge in [-0.1, -0.05) is 11.8 Å². The highest BCUT2D eigenvalue weighted by Crippen LogP contribution is 2.35. The Morgan fingerprint density at radius 3 is 2.86 bits per heavy atom. The molecule has 1 aromatic rings. The van der Waals surface area contributed by atoms with Crippen LogP contribution in [0.1, 0.15) is 6.23 Å². The van der Waals surface area contributed by atoms with Crippen LogP contribution in [0.2, 0.25) is 0 Å². The largest absolute Gasteiger partial charge is 0.394 e. The van der Waals surface area contributed by atoms with Crippen molar-refractivity contribution >= 4 is 5.82 Å². The molecule has 1 fully saturated rings. The topological polar surface area (TPSA) is 137 Å². The smallest absolute Gasteiger partial charge is 0.351 e. The SMILES string of the molecule is Nc1nc(=O)n(C2OC(CO)[C@H](O)C2(N)C#CCF)cc1F. The number of hydrogen-bond acceptors (Lipinski definition) is 7. The van der Waals surface area contributed by atoms with Gasteiger partial charge in [0.2, 0.25) is 0 Å². The molecule has 0 bridgehead atoms. The zero-order valence-corrected chi connectivity index (χ0v) is 11.2. The molecular formula is C12H14F2N4O4. The van der Waals surface area contributed by atoms with E-state index in [0.29, 0.717) is 10.8 Å². The van der Waals surface area contributed by atoms with Crippen LogP contribution in [0.4, 0.5) is 14.6 Å². The van der Waals surface area contributed by atoms with Crippen LogP contribution in [0.15, 0.2) is 11.0 Å². The lowest BCUT2D eigenvalue weighted by molar-refractivity contribution is -0.0479. The lowest BCUT2D eigenvalue weighted by Crippen LogP contribution is -2.55. The Hall–Kier alpha value is -2.06. The summed E-state index contributed by atoms with van der Waals surface area (Å²) in [5, 5.41) is 19.3. The molecule has 1 aliphatic rings. The molecular weight excluding hydrogens is 302 g/mol. The fourth-order valence-electron chi connectivity index (χ4n) is 2.19. The highest BCUT2D eigenvalue weighted by molar-refractivity contribution is 5.29. The number of aliphatic hydroxyl groups is 2. The minimum atomic E-state index is -1.94. The minimum absolute atomic E-state index is 0.615. The number of nitrogens with two attached hydrogens (primary N) is 2. The molecule has 0 aromatic carbocycles. The monoisotopic (exact) mass is 316 g/mol. The van der Waals surface area contributed by atoms with E-state index in [1.54, 1.807) is 0 Å². The lowest BCUT2D eigenvalue weighted by Gasteiger charge is -2.27. The van der Waals surface area contributed by atoms with E-state index in [1.807, 2.05) is 5.92 Å². The van der Waals surface area contributed by atoms with E-state index >= 15 is 0 Å². The number of hydrogen-bond donors (Lipinski definition) is 4. The number of halogens is 2. The summed E-state index contributed by atoms with van der Waals surface area (Å²) in [4.78, 5) is 15.1. The normalized spacial score (nSPS) is 30.9. The predicted molar refractivity (Wildman–Crippen MR) is 70.5 cm³/mol. The molecule has 8 nitrogen and oxygen atoms in total.